The summed E-state index contributed by atoms with van der Waals surface area (Å²) in [5, 5.41) is 3.16. The molecule has 25 heavy (non-hydrogen) atoms. The van der Waals surface area contributed by atoms with Gasteiger partial charge in [-0.05, 0) is 32.0 Å². The highest BCUT2D eigenvalue weighted by atomic mass is 32.1. The lowest BCUT2D eigenvalue weighted by atomic mass is 9.87. The van der Waals surface area contributed by atoms with Crippen LogP contribution in [0.3, 0.4) is 0 Å². The van der Waals surface area contributed by atoms with Crippen LogP contribution in [0.2, 0.25) is 0 Å². The smallest absolute Gasteiger partial charge is 0.289 e. The minimum Gasteiger partial charge on any atom is -0.456 e. The van der Waals surface area contributed by atoms with Gasteiger partial charge in [-0.25, -0.2) is 4.98 Å². The highest BCUT2D eigenvalue weighted by Gasteiger charge is 2.42. The molecule has 0 aliphatic carbocycles. The van der Waals surface area contributed by atoms with Crippen LogP contribution >= 0.6 is 11.3 Å². The number of ether oxygens (including phenoxy) is 1. The number of nitrogens with zero attached hydrogens (tertiary/aromatic N) is 3. The molecule has 0 unspecified atom stereocenters. The predicted octanol–water partition coefficient (Wildman–Crippen LogP) is 2.41. The summed E-state index contributed by atoms with van der Waals surface area (Å²) in [6.45, 7) is 7.33. The van der Waals surface area contributed by atoms with Crippen LogP contribution in [-0.2, 0) is 11.3 Å². The van der Waals surface area contributed by atoms with Gasteiger partial charge in [0, 0.05) is 36.6 Å². The fraction of sp³-hybridized carbons (Fsp3) is 0.556. The maximum atomic E-state index is 12.8. The Bertz CT molecular complexity index is 730. The third-order valence-corrected chi connectivity index (χ3v) is 5.80. The van der Waals surface area contributed by atoms with E-state index >= 15 is 0 Å². The van der Waals surface area contributed by atoms with Gasteiger partial charge in [0.15, 0.2) is 5.76 Å². The van der Waals surface area contributed by atoms with Gasteiger partial charge in [-0.15, -0.1) is 11.3 Å². The maximum absolute atomic E-state index is 12.8. The molecule has 4 heterocycles. The summed E-state index contributed by atoms with van der Waals surface area (Å²) in [4.78, 5) is 21.5. The first-order chi connectivity index (χ1) is 12.1. The molecule has 0 radical (unpaired) electrons. The highest BCUT2D eigenvalue weighted by Crippen LogP contribution is 2.34. The Morgan fingerprint density at radius 1 is 1.36 bits per heavy atom. The average molecular weight is 361 g/mol. The number of aromatic nitrogens is 1. The number of likely N-dealkylation sites (tertiary alicyclic amines) is 1. The number of hydrogen-bond acceptors (Lipinski definition) is 6. The largest absolute Gasteiger partial charge is 0.456 e. The van der Waals surface area contributed by atoms with Crippen molar-refractivity contribution >= 4 is 17.2 Å². The molecule has 2 aliphatic rings. The molecule has 2 fully saturated rings. The van der Waals surface area contributed by atoms with Gasteiger partial charge in [0.2, 0.25) is 0 Å². The van der Waals surface area contributed by atoms with E-state index in [0.717, 1.165) is 43.4 Å². The molecule has 6 nitrogen and oxygen atoms in total. The standard InChI is InChI=1S/C18H23N3O3S/c1-14-2-3-15(24-14)17(22)21-7-8-23-13-18(12-21)4-6-20(11-18)10-16-19-5-9-25-16/h2-3,5,9H,4,6-8,10-13H2,1H3/t18-/m0/s1. The first-order valence-electron chi connectivity index (χ1n) is 8.68. The number of thiazole rings is 1. The molecule has 0 aromatic carbocycles. The van der Waals surface area contributed by atoms with E-state index < -0.39 is 0 Å². The third-order valence-electron chi connectivity index (χ3n) is 5.04. The SMILES string of the molecule is Cc1ccc(C(=O)N2CCOC[C@]3(CCN(Cc4nccs4)C3)C2)o1. The molecule has 2 aliphatic heterocycles. The molecule has 0 saturated carbocycles. The lowest BCUT2D eigenvalue weighted by molar-refractivity contribution is 0.0624. The van der Waals surface area contributed by atoms with E-state index in [4.69, 9.17) is 9.15 Å². The zero-order valence-electron chi connectivity index (χ0n) is 14.4. The van der Waals surface area contributed by atoms with E-state index in [2.05, 4.69) is 9.88 Å². The topological polar surface area (TPSA) is 58.8 Å². The summed E-state index contributed by atoms with van der Waals surface area (Å²) in [6, 6.07) is 3.60. The Labute approximate surface area is 151 Å². The van der Waals surface area contributed by atoms with Gasteiger partial charge in [-0.3, -0.25) is 9.69 Å². The Kier molecular flexibility index (Phi) is 4.62. The number of hydrogen-bond donors (Lipinski definition) is 0. The van der Waals surface area contributed by atoms with Gasteiger partial charge in [0.25, 0.3) is 5.91 Å². The maximum Gasteiger partial charge on any atom is 0.289 e. The lowest BCUT2D eigenvalue weighted by Gasteiger charge is -2.31. The second kappa shape index (κ2) is 6.90. The molecular weight excluding hydrogens is 338 g/mol. The molecule has 0 N–H and O–H groups in total. The number of carbonyl (C=O) groups excluding carboxylic acids is 1. The summed E-state index contributed by atoms with van der Waals surface area (Å²) < 4.78 is 11.4. The number of amides is 1. The van der Waals surface area contributed by atoms with Crippen LogP contribution in [0.15, 0.2) is 28.1 Å². The summed E-state index contributed by atoms with van der Waals surface area (Å²) in [5.74, 6) is 1.16. The fourth-order valence-corrected chi connectivity index (χ4v) is 4.46. The van der Waals surface area contributed by atoms with Crippen LogP contribution in [0.25, 0.3) is 0 Å². The van der Waals surface area contributed by atoms with Gasteiger partial charge in [0.1, 0.15) is 10.8 Å². The minimum absolute atomic E-state index is 0.00502. The second-order valence-corrected chi connectivity index (χ2v) is 8.06. The first kappa shape index (κ1) is 16.8. The molecule has 7 heteroatoms. The Morgan fingerprint density at radius 3 is 3.04 bits per heavy atom. The Morgan fingerprint density at radius 2 is 2.28 bits per heavy atom. The molecule has 1 amide bonds. The quantitative estimate of drug-likeness (QED) is 0.840. The van der Waals surface area contributed by atoms with Crippen molar-refractivity contribution in [2.45, 2.75) is 19.9 Å². The molecule has 2 saturated heterocycles. The molecule has 2 aromatic heterocycles. The van der Waals surface area contributed by atoms with Gasteiger partial charge in [-0.1, -0.05) is 0 Å². The van der Waals surface area contributed by atoms with Crippen molar-refractivity contribution in [1.82, 2.24) is 14.8 Å². The van der Waals surface area contributed by atoms with Gasteiger partial charge >= 0.3 is 0 Å². The van der Waals surface area contributed by atoms with E-state index in [9.17, 15) is 4.79 Å². The van der Waals surface area contributed by atoms with Crippen molar-refractivity contribution in [3.63, 3.8) is 0 Å². The van der Waals surface area contributed by atoms with Crippen LogP contribution in [0.1, 0.15) is 27.7 Å². The third kappa shape index (κ3) is 3.63. The fourth-order valence-electron chi connectivity index (χ4n) is 3.80. The molecule has 134 valence electrons. The lowest BCUT2D eigenvalue weighted by Crippen LogP contribution is -2.43. The zero-order chi connectivity index (χ0) is 17.3. The van der Waals surface area contributed by atoms with E-state index in [1.807, 2.05) is 29.5 Å². The molecular formula is C18H23N3O3S. The highest BCUT2D eigenvalue weighted by molar-refractivity contribution is 7.09. The van der Waals surface area contributed by atoms with Crippen LogP contribution < -0.4 is 0 Å². The van der Waals surface area contributed by atoms with Crippen LogP contribution in [-0.4, -0.2) is 60.1 Å². The molecule has 4 rings (SSSR count). The summed E-state index contributed by atoms with van der Waals surface area (Å²) >= 11 is 1.69. The Balaban J connectivity index is 1.45. The minimum atomic E-state index is -0.0312. The van der Waals surface area contributed by atoms with Crippen molar-refractivity contribution in [2.24, 2.45) is 5.41 Å². The van der Waals surface area contributed by atoms with Crippen molar-refractivity contribution in [3.05, 3.63) is 40.2 Å². The molecule has 1 atom stereocenters. The number of aryl methyl sites for hydroxylation is 1. The number of furan rings is 1. The average Bonchev–Trinajstić information content (AvgIpc) is 3.30. The summed E-state index contributed by atoms with van der Waals surface area (Å²) in [6.07, 6.45) is 2.89. The summed E-state index contributed by atoms with van der Waals surface area (Å²) in [7, 11) is 0. The molecule has 1 spiro atoms. The normalized spacial score (nSPS) is 24.8. The van der Waals surface area contributed by atoms with Gasteiger partial charge in [0.05, 0.1) is 19.8 Å². The van der Waals surface area contributed by atoms with Crippen LogP contribution in [0.4, 0.5) is 0 Å². The van der Waals surface area contributed by atoms with Crippen molar-refractivity contribution in [2.75, 3.05) is 39.4 Å². The second-order valence-electron chi connectivity index (χ2n) is 7.08. The number of rotatable bonds is 3. The van der Waals surface area contributed by atoms with E-state index in [0.29, 0.717) is 25.5 Å². The summed E-state index contributed by atoms with van der Waals surface area (Å²) in [5.41, 5.74) is 0.00502. The molecule has 2 aromatic rings. The number of carbonyl (C=O) groups is 1. The van der Waals surface area contributed by atoms with Crippen molar-refractivity contribution in [1.29, 1.82) is 0 Å². The van der Waals surface area contributed by atoms with E-state index in [-0.39, 0.29) is 11.3 Å². The van der Waals surface area contributed by atoms with Crippen molar-refractivity contribution < 1.29 is 13.9 Å². The van der Waals surface area contributed by atoms with Crippen molar-refractivity contribution in [3.8, 4) is 0 Å². The van der Waals surface area contributed by atoms with Crippen LogP contribution in [0, 0.1) is 12.3 Å². The monoisotopic (exact) mass is 361 g/mol. The van der Waals surface area contributed by atoms with Gasteiger partial charge in [-0.2, -0.15) is 0 Å². The first-order valence-corrected chi connectivity index (χ1v) is 9.56. The van der Waals surface area contributed by atoms with E-state index in [1.54, 1.807) is 17.4 Å². The Hall–Kier alpha value is -1.70. The van der Waals surface area contributed by atoms with Crippen LogP contribution in [0.5, 0.6) is 0 Å². The zero-order valence-corrected chi connectivity index (χ0v) is 15.3. The predicted molar refractivity (Wildman–Crippen MR) is 94.6 cm³/mol. The molecule has 0 bridgehead atoms. The van der Waals surface area contributed by atoms with E-state index in [1.165, 1.54) is 0 Å². The van der Waals surface area contributed by atoms with Gasteiger partial charge < -0.3 is 14.1 Å².